The molecule has 17 heavy (non-hydrogen) atoms. The van der Waals surface area contributed by atoms with Gasteiger partial charge < -0.3 is 20.5 Å². The average Bonchev–Trinajstić information content (AvgIpc) is 2.26. The molecule has 0 aromatic carbocycles. The van der Waals surface area contributed by atoms with Crippen LogP contribution >= 0.6 is 0 Å². The van der Waals surface area contributed by atoms with E-state index in [1.807, 2.05) is 0 Å². The minimum absolute atomic E-state index is 0.0994. The zero-order chi connectivity index (χ0) is 13.3. The summed E-state index contributed by atoms with van der Waals surface area (Å²) in [4.78, 5) is 32.8. The van der Waals surface area contributed by atoms with Crippen LogP contribution in [0, 0.1) is 0 Å². The van der Waals surface area contributed by atoms with Crippen LogP contribution in [0.1, 0.15) is 13.3 Å². The van der Waals surface area contributed by atoms with E-state index in [0.29, 0.717) is 0 Å². The normalized spacial score (nSPS) is 11.1. The van der Waals surface area contributed by atoms with E-state index in [4.69, 9.17) is 5.11 Å². The first-order valence-electron chi connectivity index (χ1n) is 5.05. The molecule has 0 bridgehead atoms. The van der Waals surface area contributed by atoms with Gasteiger partial charge in [0.1, 0.15) is 12.6 Å². The quantitative estimate of drug-likeness (QED) is 0.427. The lowest BCUT2D eigenvalue weighted by Gasteiger charge is -2.12. The Labute approximate surface area is 98.8 Å². The van der Waals surface area contributed by atoms with E-state index in [0.717, 1.165) is 0 Å². The van der Waals surface area contributed by atoms with Crippen LogP contribution in [0.3, 0.4) is 0 Å². The van der Waals surface area contributed by atoms with Crippen LogP contribution in [0.4, 0.5) is 4.79 Å². The van der Waals surface area contributed by atoms with Gasteiger partial charge >= 0.3 is 18.0 Å². The van der Waals surface area contributed by atoms with Crippen molar-refractivity contribution in [2.45, 2.75) is 19.4 Å². The third-order valence-corrected chi connectivity index (χ3v) is 1.70. The third kappa shape index (κ3) is 6.93. The number of rotatable bonds is 7. The number of hydrogen-bond acceptors (Lipinski definition) is 4. The Morgan fingerprint density at radius 1 is 1.47 bits per heavy atom. The molecule has 0 radical (unpaired) electrons. The fourth-order valence-corrected chi connectivity index (χ4v) is 0.962. The van der Waals surface area contributed by atoms with Gasteiger partial charge in [0.25, 0.3) is 0 Å². The SMILES string of the molecule is C=CCC(NC(=O)NCC(=O)OCC)C(=O)O. The standard InChI is InChI=1S/C10H16N2O5/c1-3-5-7(9(14)15)12-10(16)11-6-8(13)17-4-2/h3,7H,1,4-6H2,2H3,(H,14,15)(H2,11,12,16). The summed E-state index contributed by atoms with van der Waals surface area (Å²) in [6, 6.07) is -1.80. The Hall–Kier alpha value is -2.05. The zero-order valence-electron chi connectivity index (χ0n) is 9.56. The van der Waals surface area contributed by atoms with Gasteiger partial charge in [-0.1, -0.05) is 6.08 Å². The molecule has 0 saturated carbocycles. The van der Waals surface area contributed by atoms with Gasteiger partial charge in [0.05, 0.1) is 6.61 Å². The van der Waals surface area contributed by atoms with Crippen molar-refractivity contribution < 1.29 is 24.2 Å². The maximum atomic E-state index is 11.2. The molecule has 3 N–H and O–H groups in total. The van der Waals surface area contributed by atoms with Crippen LogP contribution < -0.4 is 10.6 Å². The van der Waals surface area contributed by atoms with Gasteiger partial charge in [-0.15, -0.1) is 6.58 Å². The molecule has 0 heterocycles. The number of carboxylic acids is 1. The van der Waals surface area contributed by atoms with Crippen LogP contribution in [0.15, 0.2) is 12.7 Å². The summed E-state index contributed by atoms with van der Waals surface area (Å²) in [6.45, 7) is 4.93. The van der Waals surface area contributed by atoms with Crippen molar-refractivity contribution in [1.82, 2.24) is 10.6 Å². The lowest BCUT2D eigenvalue weighted by molar-refractivity contribution is -0.141. The smallest absolute Gasteiger partial charge is 0.326 e. The lowest BCUT2D eigenvalue weighted by atomic mass is 10.2. The predicted molar refractivity (Wildman–Crippen MR) is 59.4 cm³/mol. The molecule has 0 aliphatic carbocycles. The van der Waals surface area contributed by atoms with Gasteiger partial charge in [0, 0.05) is 0 Å². The van der Waals surface area contributed by atoms with Gasteiger partial charge in [0.15, 0.2) is 0 Å². The molecule has 7 nitrogen and oxygen atoms in total. The van der Waals surface area contributed by atoms with Gasteiger partial charge in [-0.3, -0.25) is 4.79 Å². The van der Waals surface area contributed by atoms with Crippen molar-refractivity contribution in [3.63, 3.8) is 0 Å². The Balaban J connectivity index is 4.02. The molecule has 96 valence electrons. The van der Waals surface area contributed by atoms with Gasteiger partial charge in [-0.2, -0.15) is 0 Å². The number of carbonyl (C=O) groups is 3. The van der Waals surface area contributed by atoms with Crippen LogP contribution in [0.2, 0.25) is 0 Å². The number of amides is 2. The largest absolute Gasteiger partial charge is 0.480 e. The molecule has 0 aromatic rings. The molecule has 0 fully saturated rings. The fraction of sp³-hybridized carbons (Fsp3) is 0.500. The molecule has 0 aliphatic heterocycles. The monoisotopic (exact) mass is 244 g/mol. The first-order chi connectivity index (χ1) is 8.01. The van der Waals surface area contributed by atoms with E-state index >= 15 is 0 Å². The summed E-state index contributed by atoms with van der Waals surface area (Å²) in [6.07, 6.45) is 1.48. The van der Waals surface area contributed by atoms with Gasteiger partial charge in [-0.25, -0.2) is 9.59 Å². The molecule has 0 spiro atoms. The summed E-state index contributed by atoms with van der Waals surface area (Å²) >= 11 is 0. The maximum absolute atomic E-state index is 11.2. The molecule has 0 aliphatic rings. The molecule has 2 amide bonds. The number of urea groups is 1. The first kappa shape index (κ1) is 14.9. The number of hydrogen-bond donors (Lipinski definition) is 3. The van der Waals surface area contributed by atoms with Crippen molar-refractivity contribution in [3.05, 3.63) is 12.7 Å². The molecule has 0 saturated heterocycles. The highest BCUT2D eigenvalue weighted by Gasteiger charge is 2.18. The number of aliphatic carboxylic acids is 1. The predicted octanol–water partition coefficient (Wildman–Crippen LogP) is -0.122. The maximum Gasteiger partial charge on any atom is 0.326 e. The zero-order valence-corrected chi connectivity index (χ0v) is 9.56. The van der Waals surface area contributed by atoms with Crippen LogP contribution in [-0.4, -0.2) is 42.3 Å². The van der Waals surface area contributed by atoms with Crippen molar-refractivity contribution in [2.75, 3.05) is 13.2 Å². The third-order valence-electron chi connectivity index (χ3n) is 1.70. The molecule has 7 heteroatoms. The second-order valence-electron chi connectivity index (χ2n) is 3.05. The van der Waals surface area contributed by atoms with E-state index in [-0.39, 0.29) is 19.6 Å². The van der Waals surface area contributed by atoms with E-state index in [1.165, 1.54) is 6.08 Å². The summed E-state index contributed by atoms with van der Waals surface area (Å²) in [5, 5.41) is 13.1. The van der Waals surface area contributed by atoms with Crippen molar-refractivity contribution in [1.29, 1.82) is 0 Å². The second kappa shape index (κ2) is 8.14. The Morgan fingerprint density at radius 2 is 2.12 bits per heavy atom. The van der Waals surface area contributed by atoms with E-state index < -0.39 is 24.0 Å². The van der Waals surface area contributed by atoms with Crippen molar-refractivity contribution in [2.24, 2.45) is 0 Å². The Bertz CT molecular complexity index is 303. The first-order valence-corrected chi connectivity index (χ1v) is 5.05. The summed E-state index contributed by atoms with van der Waals surface area (Å²) < 4.78 is 4.58. The Kier molecular flexibility index (Phi) is 7.16. The van der Waals surface area contributed by atoms with E-state index in [2.05, 4.69) is 21.9 Å². The molecule has 1 unspecified atom stereocenters. The number of carboxylic acid groups (broad SMARTS) is 1. The van der Waals surface area contributed by atoms with Crippen LogP contribution in [0.5, 0.6) is 0 Å². The van der Waals surface area contributed by atoms with Gasteiger partial charge in [0.2, 0.25) is 0 Å². The molecular formula is C10H16N2O5. The average molecular weight is 244 g/mol. The topological polar surface area (TPSA) is 105 Å². The Morgan fingerprint density at radius 3 is 2.59 bits per heavy atom. The highest BCUT2D eigenvalue weighted by molar-refractivity contribution is 5.85. The summed E-state index contributed by atoms with van der Waals surface area (Å²) in [5.74, 6) is -1.76. The highest BCUT2D eigenvalue weighted by Crippen LogP contribution is 1.92. The number of carbonyl (C=O) groups excluding carboxylic acids is 2. The van der Waals surface area contributed by atoms with Gasteiger partial charge in [-0.05, 0) is 13.3 Å². The lowest BCUT2D eigenvalue weighted by Crippen LogP contribution is -2.47. The minimum atomic E-state index is -1.17. The summed E-state index contributed by atoms with van der Waals surface area (Å²) in [5.41, 5.74) is 0. The molecule has 1 atom stereocenters. The second-order valence-corrected chi connectivity index (χ2v) is 3.05. The highest BCUT2D eigenvalue weighted by atomic mass is 16.5. The summed E-state index contributed by atoms with van der Waals surface area (Å²) in [7, 11) is 0. The van der Waals surface area contributed by atoms with Crippen LogP contribution in [0.25, 0.3) is 0 Å². The van der Waals surface area contributed by atoms with E-state index in [9.17, 15) is 14.4 Å². The van der Waals surface area contributed by atoms with E-state index in [1.54, 1.807) is 6.92 Å². The van der Waals surface area contributed by atoms with Crippen molar-refractivity contribution in [3.8, 4) is 0 Å². The fourth-order valence-electron chi connectivity index (χ4n) is 0.962. The molecule has 0 aromatic heterocycles. The number of ether oxygens (including phenoxy) is 1. The van der Waals surface area contributed by atoms with Crippen LogP contribution in [-0.2, 0) is 14.3 Å². The minimum Gasteiger partial charge on any atom is -0.480 e. The number of nitrogens with one attached hydrogen (secondary N) is 2. The number of esters is 1. The molecule has 0 rings (SSSR count). The molecular weight excluding hydrogens is 228 g/mol. The van der Waals surface area contributed by atoms with Crippen molar-refractivity contribution >= 4 is 18.0 Å².